The van der Waals surface area contributed by atoms with Crippen molar-refractivity contribution >= 4 is 17.5 Å². The molecule has 0 saturated heterocycles. The number of nitrogens with zero attached hydrogens (tertiary/aromatic N) is 1. The molecule has 1 N–H and O–H groups in total. The first-order chi connectivity index (χ1) is 10.6. The molecule has 0 saturated carbocycles. The van der Waals surface area contributed by atoms with Crippen molar-refractivity contribution in [3.8, 4) is 0 Å². The van der Waals surface area contributed by atoms with E-state index in [-0.39, 0.29) is 11.8 Å². The van der Waals surface area contributed by atoms with Gasteiger partial charge < -0.3 is 10.2 Å². The maximum Gasteiger partial charge on any atom is 0.254 e. The maximum absolute atomic E-state index is 12.7. The minimum absolute atomic E-state index is 0.0130. The van der Waals surface area contributed by atoms with Crippen molar-refractivity contribution in [2.45, 2.75) is 13.3 Å². The molecule has 4 nitrogen and oxygen atoms in total. The molecule has 1 aromatic carbocycles. The van der Waals surface area contributed by atoms with Crippen LogP contribution in [0, 0.1) is 0 Å². The van der Waals surface area contributed by atoms with E-state index in [1.807, 2.05) is 31.2 Å². The van der Waals surface area contributed by atoms with Crippen molar-refractivity contribution in [2.24, 2.45) is 0 Å². The van der Waals surface area contributed by atoms with E-state index in [1.165, 1.54) is 0 Å². The number of carbonyl (C=O) groups excluding carboxylic acids is 2. The van der Waals surface area contributed by atoms with E-state index in [0.29, 0.717) is 25.1 Å². The highest BCUT2D eigenvalue weighted by molar-refractivity contribution is 6.01. The lowest BCUT2D eigenvalue weighted by Crippen LogP contribution is -2.29. The Morgan fingerprint density at radius 3 is 2.82 bits per heavy atom. The molecule has 0 spiro atoms. The SMILES string of the molecule is C=CC1=C(/C=C\C)CN(C(=O)c2ccc3c(c2)CC(=O)N3)C1. The Kier molecular flexibility index (Phi) is 3.67. The third kappa shape index (κ3) is 2.48. The van der Waals surface area contributed by atoms with Crippen molar-refractivity contribution in [3.63, 3.8) is 0 Å². The van der Waals surface area contributed by atoms with Crippen molar-refractivity contribution in [3.05, 3.63) is 65.3 Å². The van der Waals surface area contributed by atoms with Gasteiger partial charge in [0, 0.05) is 24.3 Å². The van der Waals surface area contributed by atoms with Gasteiger partial charge in [0.1, 0.15) is 0 Å². The van der Waals surface area contributed by atoms with Gasteiger partial charge in [0.15, 0.2) is 0 Å². The zero-order valence-electron chi connectivity index (χ0n) is 12.6. The van der Waals surface area contributed by atoms with Crippen LogP contribution in [0.15, 0.2) is 54.2 Å². The highest BCUT2D eigenvalue weighted by Crippen LogP contribution is 2.26. The molecule has 2 heterocycles. The summed E-state index contributed by atoms with van der Waals surface area (Å²) in [6, 6.07) is 5.39. The average molecular weight is 294 g/mol. The zero-order chi connectivity index (χ0) is 15.7. The van der Waals surface area contributed by atoms with Gasteiger partial charge in [-0.25, -0.2) is 0 Å². The molecule has 0 atom stereocenters. The second-order valence-corrected chi connectivity index (χ2v) is 5.51. The van der Waals surface area contributed by atoms with Gasteiger partial charge in [-0.3, -0.25) is 9.59 Å². The van der Waals surface area contributed by atoms with Crippen LogP contribution in [0.4, 0.5) is 5.69 Å². The van der Waals surface area contributed by atoms with E-state index in [9.17, 15) is 9.59 Å². The summed E-state index contributed by atoms with van der Waals surface area (Å²) >= 11 is 0. The van der Waals surface area contributed by atoms with Gasteiger partial charge in [0.25, 0.3) is 5.91 Å². The van der Waals surface area contributed by atoms with Crippen LogP contribution in [-0.2, 0) is 11.2 Å². The lowest BCUT2D eigenvalue weighted by Gasteiger charge is -2.17. The standard InChI is InChI=1S/C18H18N2O2/c1-3-5-14-11-20(10-12(14)4-2)18(22)13-6-7-16-15(8-13)9-17(21)19-16/h3-8H,2,9-11H2,1H3,(H,19,21)/b5-3-. The van der Waals surface area contributed by atoms with E-state index in [0.717, 1.165) is 22.4 Å². The summed E-state index contributed by atoms with van der Waals surface area (Å²) in [6.07, 6.45) is 6.15. The van der Waals surface area contributed by atoms with Crippen LogP contribution in [0.3, 0.4) is 0 Å². The van der Waals surface area contributed by atoms with Crippen molar-refractivity contribution in [1.29, 1.82) is 0 Å². The second kappa shape index (κ2) is 5.64. The van der Waals surface area contributed by atoms with Crippen LogP contribution in [0.5, 0.6) is 0 Å². The quantitative estimate of drug-likeness (QED) is 0.932. The lowest BCUT2D eigenvalue weighted by atomic mass is 10.1. The number of benzene rings is 1. The number of amides is 2. The fourth-order valence-electron chi connectivity index (χ4n) is 2.92. The van der Waals surface area contributed by atoms with Crippen molar-refractivity contribution in [1.82, 2.24) is 4.90 Å². The van der Waals surface area contributed by atoms with E-state index < -0.39 is 0 Å². The van der Waals surface area contributed by atoms with Gasteiger partial charge in [0.05, 0.1) is 6.42 Å². The van der Waals surface area contributed by atoms with Gasteiger partial charge in [-0.1, -0.05) is 24.8 Å². The van der Waals surface area contributed by atoms with E-state index in [4.69, 9.17) is 0 Å². The minimum atomic E-state index is -0.0215. The first-order valence-electron chi connectivity index (χ1n) is 7.31. The third-order valence-corrected chi connectivity index (χ3v) is 4.01. The topological polar surface area (TPSA) is 49.4 Å². The molecule has 0 radical (unpaired) electrons. The molecule has 1 aromatic rings. The average Bonchev–Trinajstić information content (AvgIpc) is 3.08. The lowest BCUT2D eigenvalue weighted by molar-refractivity contribution is -0.115. The van der Waals surface area contributed by atoms with Gasteiger partial charge in [0.2, 0.25) is 5.91 Å². The molecular formula is C18H18N2O2. The Labute approximate surface area is 129 Å². The molecule has 0 aliphatic carbocycles. The van der Waals surface area contributed by atoms with Crippen molar-refractivity contribution < 1.29 is 9.59 Å². The summed E-state index contributed by atoms with van der Waals surface area (Å²) in [5.41, 5.74) is 4.54. The van der Waals surface area contributed by atoms with E-state index in [1.54, 1.807) is 17.0 Å². The fourth-order valence-corrected chi connectivity index (χ4v) is 2.92. The summed E-state index contributed by atoms with van der Waals surface area (Å²) < 4.78 is 0. The normalized spacial score (nSPS) is 17.1. The number of fused-ring (bicyclic) bond motifs is 1. The predicted molar refractivity (Wildman–Crippen MR) is 86.7 cm³/mol. The molecule has 112 valence electrons. The number of hydrogen-bond donors (Lipinski definition) is 1. The maximum atomic E-state index is 12.7. The Morgan fingerprint density at radius 1 is 1.32 bits per heavy atom. The summed E-state index contributed by atoms with van der Waals surface area (Å²) in [6.45, 7) is 6.96. The molecule has 2 amide bonds. The Morgan fingerprint density at radius 2 is 2.09 bits per heavy atom. The number of anilines is 1. The molecule has 0 unspecified atom stereocenters. The monoisotopic (exact) mass is 294 g/mol. The van der Waals surface area contributed by atoms with Gasteiger partial charge in [-0.15, -0.1) is 0 Å². The minimum Gasteiger partial charge on any atom is -0.330 e. The first-order valence-corrected chi connectivity index (χ1v) is 7.31. The highest BCUT2D eigenvalue weighted by Gasteiger charge is 2.25. The van der Waals surface area contributed by atoms with Crippen LogP contribution in [0.25, 0.3) is 0 Å². The van der Waals surface area contributed by atoms with Crippen LogP contribution in [0.1, 0.15) is 22.8 Å². The van der Waals surface area contributed by atoms with Gasteiger partial charge in [-0.05, 0) is 41.8 Å². The Bertz CT molecular complexity index is 729. The van der Waals surface area contributed by atoms with Crippen molar-refractivity contribution in [2.75, 3.05) is 18.4 Å². The van der Waals surface area contributed by atoms with E-state index >= 15 is 0 Å². The molecule has 2 aliphatic heterocycles. The largest absolute Gasteiger partial charge is 0.330 e. The summed E-state index contributed by atoms with van der Waals surface area (Å²) in [5.74, 6) is -0.0345. The fraction of sp³-hybridized carbons (Fsp3) is 0.222. The summed E-state index contributed by atoms with van der Waals surface area (Å²) in [5, 5.41) is 2.78. The molecule has 3 rings (SSSR count). The van der Waals surface area contributed by atoms with E-state index in [2.05, 4.69) is 11.9 Å². The highest BCUT2D eigenvalue weighted by atomic mass is 16.2. The molecule has 2 aliphatic rings. The smallest absolute Gasteiger partial charge is 0.254 e. The number of nitrogens with one attached hydrogen (secondary N) is 1. The second-order valence-electron chi connectivity index (χ2n) is 5.51. The third-order valence-electron chi connectivity index (χ3n) is 4.01. The number of carbonyl (C=O) groups is 2. The molecule has 0 fully saturated rings. The zero-order valence-corrected chi connectivity index (χ0v) is 12.6. The summed E-state index contributed by atoms with van der Waals surface area (Å²) in [7, 11) is 0. The number of rotatable bonds is 3. The van der Waals surface area contributed by atoms with Crippen LogP contribution >= 0.6 is 0 Å². The van der Waals surface area contributed by atoms with Crippen LogP contribution < -0.4 is 5.32 Å². The van der Waals surface area contributed by atoms with Gasteiger partial charge >= 0.3 is 0 Å². The predicted octanol–water partition coefficient (Wildman–Crippen LogP) is 2.70. The molecule has 22 heavy (non-hydrogen) atoms. The number of hydrogen-bond acceptors (Lipinski definition) is 2. The molecule has 0 aromatic heterocycles. The molecule has 4 heteroatoms. The summed E-state index contributed by atoms with van der Waals surface area (Å²) in [4.78, 5) is 25.9. The Hall–Kier alpha value is -2.62. The first kappa shape index (κ1) is 14.3. The van der Waals surface area contributed by atoms with Gasteiger partial charge in [-0.2, -0.15) is 0 Å². The molecular weight excluding hydrogens is 276 g/mol. The van der Waals surface area contributed by atoms with Crippen LogP contribution in [-0.4, -0.2) is 29.8 Å². The van der Waals surface area contributed by atoms with Crippen LogP contribution in [0.2, 0.25) is 0 Å². The Balaban J connectivity index is 1.81. The number of allylic oxidation sites excluding steroid dienone is 1. The molecule has 0 bridgehead atoms.